The number of hydrogen-bond donors (Lipinski definition) is 0. The predicted molar refractivity (Wildman–Crippen MR) is 80.2 cm³/mol. The average molecular weight is 286 g/mol. The summed E-state index contributed by atoms with van der Waals surface area (Å²) in [5, 5.41) is 0.617. The maximum atomic E-state index is 12.3. The van der Waals surface area contributed by atoms with E-state index in [-0.39, 0.29) is 5.78 Å². The van der Waals surface area contributed by atoms with Gasteiger partial charge in [0.25, 0.3) is 0 Å². The number of ether oxygens (including phenoxy) is 1. The molecule has 0 aliphatic carbocycles. The van der Waals surface area contributed by atoms with Gasteiger partial charge in [0.15, 0.2) is 10.9 Å². The van der Waals surface area contributed by atoms with E-state index >= 15 is 0 Å². The first kappa shape index (κ1) is 14.3. The molecule has 2 rings (SSSR count). The Morgan fingerprint density at radius 2 is 1.95 bits per heavy atom. The molecule has 1 aromatic carbocycles. The monoisotopic (exact) mass is 286 g/mol. The van der Waals surface area contributed by atoms with Gasteiger partial charge in [-0.1, -0.05) is 18.3 Å². The van der Waals surface area contributed by atoms with E-state index in [2.05, 4.69) is 16.5 Å². The molecule has 0 atom stereocenters. The quantitative estimate of drug-likeness (QED) is 0.366. The van der Waals surface area contributed by atoms with Crippen LogP contribution < -0.4 is 4.74 Å². The summed E-state index contributed by atoms with van der Waals surface area (Å²) in [7, 11) is 1.58. The number of carbonyl (C=O) groups is 1. The summed E-state index contributed by atoms with van der Waals surface area (Å²) in [5.74, 6) is 0.553. The molecule has 4 nitrogen and oxygen atoms in total. The third-order valence-corrected chi connectivity index (χ3v) is 3.31. The van der Waals surface area contributed by atoms with Crippen LogP contribution in [0.5, 0.6) is 5.75 Å². The Bertz CT molecular complexity index is 639. The summed E-state index contributed by atoms with van der Waals surface area (Å²) in [4.78, 5) is 20.7. The van der Waals surface area contributed by atoms with E-state index in [9.17, 15) is 4.79 Å². The molecule has 2 aromatic rings. The van der Waals surface area contributed by atoms with Crippen LogP contribution in [0.15, 0.2) is 48.3 Å². The highest BCUT2D eigenvalue weighted by Gasteiger charge is 2.14. The minimum absolute atomic E-state index is 0.154. The van der Waals surface area contributed by atoms with Gasteiger partial charge < -0.3 is 4.74 Å². The fourth-order valence-electron chi connectivity index (χ4n) is 1.64. The molecule has 1 heterocycles. The highest BCUT2D eigenvalue weighted by molar-refractivity contribution is 7.98. The Kier molecular flexibility index (Phi) is 4.53. The molecule has 1 aromatic heterocycles. The average Bonchev–Trinajstić information content (AvgIpc) is 2.53. The van der Waals surface area contributed by atoms with E-state index in [1.807, 2.05) is 6.26 Å². The number of hydrogen-bond acceptors (Lipinski definition) is 5. The van der Waals surface area contributed by atoms with Gasteiger partial charge in [-0.15, -0.1) is 0 Å². The van der Waals surface area contributed by atoms with Crippen LogP contribution >= 0.6 is 11.8 Å². The molecule has 20 heavy (non-hydrogen) atoms. The summed E-state index contributed by atoms with van der Waals surface area (Å²) in [6, 6.07) is 8.59. The molecule has 0 aliphatic rings. The summed E-state index contributed by atoms with van der Waals surface area (Å²) >= 11 is 1.42. The number of nitrogens with zero attached hydrogens (tertiary/aromatic N) is 2. The standard InChI is InChI=1S/C15H14N2O2S/c1-10(13-8-9-16-15(17-13)20-3)14(18)11-4-6-12(19-2)7-5-11/h4-9H,1H2,2-3H3. The molecular weight excluding hydrogens is 272 g/mol. The molecule has 0 spiro atoms. The van der Waals surface area contributed by atoms with Crippen LogP contribution in [0.4, 0.5) is 0 Å². The number of benzene rings is 1. The van der Waals surface area contributed by atoms with Gasteiger partial charge in [-0.05, 0) is 36.6 Å². The van der Waals surface area contributed by atoms with Crippen molar-refractivity contribution in [1.29, 1.82) is 0 Å². The molecular formula is C15H14N2O2S. The Morgan fingerprint density at radius 3 is 2.55 bits per heavy atom. The van der Waals surface area contributed by atoms with Gasteiger partial charge >= 0.3 is 0 Å². The highest BCUT2D eigenvalue weighted by atomic mass is 32.2. The maximum Gasteiger partial charge on any atom is 0.194 e. The number of ketones is 1. The molecule has 0 aliphatic heterocycles. The van der Waals surface area contributed by atoms with Crippen molar-refractivity contribution in [2.24, 2.45) is 0 Å². The van der Waals surface area contributed by atoms with E-state index in [1.54, 1.807) is 43.6 Å². The molecule has 0 bridgehead atoms. The fourth-order valence-corrected chi connectivity index (χ4v) is 2.00. The number of thioether (sulfide) groups is 1. The van der Waals surface area contributed by atoms with Gasteiger partial charge in [0, 0.05) is 17.3 Å². The fraction of sp³-hybridized carbons (Fsp3) is 0.133. The summed E-state index contributed by atoms with van der Waals surface area (Å²) in [5.41, 5.74) is 1.46. The molecule has 0 fully saturated rings. The van der Waals surface area contributed by atoms with Crippen molar-refractivity contribution in [2.75, 3.05) is 13.4 Å². The molecule has 0 unspecified atom stereocenters. The molecule has 0 amide bonds. The molecule has 0 N–H and O–H groups in total. The van der Waals surface area contributed by atoms with E-state index in [0.29, 0.717) is 27.7 Å². The zero-order valence-electron chi connectivity index (χ0n) is 11.3. The lowest BCUT2D eigenvalue weighted by Gasteiger charge is -2.06. The van der Waals surface area contributed by atoms with Crippen molar-refractivity contribution in [3.63, 3.8) is 0 Å². The molecule has 0 saturated carbocycles. The Hall–Kier alpha value is -2.14. The number of aromatic nitrogens is 2. The van der Waals surface area contributed by atoms with Crippen LogP contribution in [-0.4, -0.2) is 29.1 Å². The summed E-state index contributed by atoms with van der Waals surface area (Å²) < 4.78 is 5.07. The van der Waals surface area contributed by atoms with Gasteiger partial charge in [-0.3, -0.25) is 4.79 Å². The van der Waals surface area contributed by atoms with Crippen molar-refractivity contribution >= 4 is 23.1 Å². The van der Waals surface area contributed by atoms with Crippen molar-refractivity contribution in [2.45, 2.75) is 5.16 Å². The molecule has 0 radical (unpaired) electrons. The second-order valence-electron chi connectivity index (χ2n) is 3.96. The van der Waals surface area contributed by atoms with Crippen molar-refractivity contribution in [1.82, 2.24) is 9.97 Å². The van der Waals surface area contributed by atoms with Gasteiger partial charge in [-0.25, -0.2) is 9.97 Å². The lowest BCUT2D eigenvalue weighted by molar-refractivity contribution is 0.105. The maximum absolute atomic E-state index is 12.3. The molecule has 5 heteroatoms. The number of methoxy groups -OCH3 is 1. The van der Waals surface area contributed by atoms with E-state index in [1.165, 1.54) is 11.8 Å². The highest BCUT2D eigenvalue weighted by Crippen LogP contribution is 2.20. The second kappa shape index (κ2) is 6.34. The van der Waals surface area contributed by atoms with E-state index < -0.39 is 0 Å². The van der Waals surface area contributed by atoms with Crippen LogP contribution in [0, 0.1) is 0 Å². The van der Waals surface area contributed by atoms with Gasteiger partial charge in [0.1, 0.15) is 5.75 Å². The zero-order chi connectivity index (χ0) is 14.5. The Balaban J connectivity index is 2.24. The second-order valence-corrected chi connectivity index (χ2v) is 4.74. The van der Waals surface area contributed by atoms with Crippen LogP contribution in [0.25, 0.3) is 5.57 Å². The lowest BCUT2D eigenvalue weighted by Crippen LogP contribution is -2.04. The van der Waals surface area contributed by atoms with Gasteiger partial charge in [0.2, 0.25) is 0 Å². The zero-order valence-corrected chi connectivity index (χ0v) is 12.1. The SMILES string of the molecule is C=C(C(=O)c1ccc(OC)cc1)c1ccnc(SC)n1. The number of rotatable bonds is 5. The molecule has 0 saturated heterocycles. The summed E-state index contributed by atoms with van der Waals surface area (Å²) in [6.45, 7) is 3.84. The number of Topliss-reactive ketones (excluding diaryl/α,β-unsaturated/α-hetero) is 1. The largest absolute Gasteiger partial charge is 0.497 e. The minimum Gasteiger partial charge on any atom is -0.497 e. The van der Waals surface area contributed by atoms with Crippen LogP contribution in [-0.2, 0) is 0 Å². The smallest absolute Gasteiger partial charge is 0.194 e. The van der Waals surface area contributed by atoms with Crippen molar-refractivity contribution < 1.29 is 9.53 Å². The minimum atomic E-state index is -0.154. The van der Waals surface area contributed by atoms with Crippen LogP contribution in [0.2, 0.25) is 0 Å². The van der Waals surface area contributed by atoms with Crippen molar-refractivity contribution in [3.05, 3.63) is 54.4 Å². The van der Waals surface area contributed by atoms with Gasteiger partial charge in [-0.2, -0.15) is 0 Å². The first-order valence-electron chi connectivity index (χ1n) is 5.90. The van der Waals surface area contributed by atoms with Crippen LogP contribution in [0.3, 0.4) is 0 Å². The number of carbonyl (C=O) groups excluding carboxylic acids is 1. The lowest BCUT2D eigenvalue weighted by atomic mass is 10.0. The Morgan fingerprint density at radius 1 is 1.25 bits per heavy atom. The summed E-state index contributed by atoms with van der Waals surface area (Å²) in [6.07, 6.45) is 3.51. The molecule has 102 valence electrons. The van der Waals surface area contributed by atoms with E-state index in [0.717, 1.165) is 0 Å². The number of allylic oxidation sites excluding steroid dienone is 1. The third kappa shape index (κ3) is 3.05. The van der Waals surface area contributed by atoms with Crippen molar-refractivity contribution in [3.8, 4) is 5.75 Å². The first-order chi connectivity index (χ1) is 9.65. The normalized spacial score (nSPS) is 10.1. The predicted octanol–water partition coefficient (Wildman–Crippen LogP) is 3.10. The first-order valence-corrected chi connectivity index (χ1v) is 7.13. The topological polar surface area (TPSA) is 52.1 Å². The van der Waals surface area contributed by atoms with Gasteiger partial charge in [0.05, 0.1) is 12.8 Å². The van der Waals surface area contributed by atoms with Crippen LogP contribution in [0.1, 0.15) is 16.1 Å². The third-order valence-electron chi connectivity index (χ3n) is 2.75. The van der Waals surface area contributed by atoms with E-state index in [4.69, 9.17) is 4.74 Å². The Labute approximate surface area is 121 Å².